The number of anilines is 1. The van der Waals surface area contributed by atoms with E-state index in [0.29, 0.717) is 12.0 Å². The normalized spacial score (nSPS) is 20.6. The monoisotopic (exact) mass is 318 g/mol. The molecule has 7 heteroatoms. The third kappa shape index (κ3) is 2.87. The Morgan fingerprint density at radius 1 is 1.27 bits per heavy atom. The minimum absolute atomic E-state index is 0.390. The maximum absolute atomic E-state index is 5.94. The molecular weight excluding hydrogens is 296 g/mol. The predicted octanol–water partition coefficient (Wildman–Crippen LogP) is 2.34. The second kappa shape index (κ2) is 5.62. The molecule has 1 saturated heterocycles. The van der Waals surface area contributed by atoms with Gasteiger partial charge in [-0.15, -0.1) is 11.3 Å². The molecule has 6 nitrogen and oxygen atoms in total. The zero-order valence-corrected chi connectivity index (χ0v) is 13.7. The smallest absolute Gasteiger partial charge is 0.218 e. The molecule has 0 amide bonds. The van der Waals surface area contributed by atoms with Gasteiger partial charge in [0.15, 0.2) is 0 Å². The number of nitrogens with two attached hydrogens (primary N) is 1. The first kappa shape index (κ1) is 14.1. The Hall–Kier alpha value is -1.47. The summed E-state index contributed by atoms with van der Waals surface area (Å²) in [6.45, 7) is 5.09. The third-order valence-electron chi connectivity index (χ3n) is 4.54. The van der Waals surface area contributed by atoms with Gasteiger partial charge < -0.3 is 5.73 Å². The first-order chi connectivity index (χ1) is 10.7. The number of hydrogen-bond donors (Lipinski definition) is 1. The van der Waals surface area contributed by atoms with E-state index in [1.54, 1.807) is 0 Å². The highest BCUT2D eigenvalue weighted by Gasteiger charge is 2.27. The lowest BCUT2D eigenvalue weighted by Crippen LogP contribution is -2.34. The topological polar surface area (TPSA) is 72.9 Å². The summed E-state index contributed by atoms with van der Waals surface area (Å²) in [6, 6.07) is 0.390. The number of aryl methyl sites for hydroxylation is 1. The quantitative estimate of drug-likeness (QED) is 0.936. The van der Waals surface area contributed by atoms with Crippen LogP contribution < -0.4 is 5.73 Å². The summed E-state index contributed by atoms with van der Waals surface area (Å²) in [5, 5.41) is 5.77. The van der Waals surface area contributed by atoms with Crippen molar-refractivity contribution < 1.29 is 0 Å². The largest absolute Gasteiger partial charge is 0.368 e. The molecule has 2 aliphatic rings. The van der Waals surface area contributed by atoms with Crippen LogP contribution in [0.2, 0.25) is 0 Å². The molecule has 3 heterocycles. The van der Waals surface area contributed by atoms with Gasteiger partial charge in [-0.1, -0.05) is 0 Å². The fourth-order valence-electron chi connectivity index (χ4n) is 3.17. The van der Waals surface area contributed by atoms with Gasteiger partial charge in [-0.2, -0.15) is 10.1 Å². The Morgan fingerprint density at radius 3 is 2.68 bits per heavy atom. The van der Waals surface area contributed by atoms with Gasteiger partial charge in [0.2, 0.25) is 5.95 Å². The molecule has 2 aromatic rings. The Labute approximate surface area is 134 Å². The predicted molar refractivity (Wildman–Crippen MR) is 86.8 cm³/mol. The molecule has 1 saturated carbocycles. The number of aromatic nitrogens is 4. The van der Waals surface area contributed by atoms with E-state index in [0.717, 1.165) is 44.2 Å². The van der Waals surface area contributed by atoms with Crippen LogP contribution in [0.5, 0.6) is 0 Å². The number of thiazole rings is 1. The molecule has 22 heavy (non-hydrogen) atoms. The first-order valence-electron chi connectivity index (χ1n) is 8.04. The van der Waals surface area contributed by atoms with Crippen LogP contribution >= 0.6 is 11.3 Å². The first-order valence-corrected chi connectivity index (χ1v) is 8.86. The zero-order chi connectivity index (χ0) is 15.1. The summed E-state index contributed by atoms with van der Waals surface area (Å²) in [4.78, 5) is 12.7. The van der Waals surface area contributed by atoms with E-state index in [1.807, 2.05) is 22.9 Å². The van der Waals surface area contributed by atoms with Crippen molar-refractivity contribution in [1.29, 1.82) is 0 Å². The summed E-state index contributed by atoms with van der Waals surface area (Å²) >= 11 is 1.90. The van der Waals surface area contributed by atoms with Gasteiger partial charge in [-0.3, -0.25) is 4.90 Å². The van der Waals surface area contributed by atoms with Crippen LogP contribution in [0.15, 0.2) is 6.20 Å². The van der Waals surface area contributed by atoms with Gasteiger partial charge in [0, 0.05) is 36.6 Å². The van der Waals surface area contributed by atoms with Gasteiger partial charge in [0.1, 0.15) is 5.82 Å². The molecule has 0 aromatic carbocycles. The highest BCUT2D eigenvalue weighted by molar-refractivity contribution is 7.11. The highest BCUT2D eigenvalue weighted by atomic mass is 32.1. The van der Waals surface area contributed by atoms with Crippen LogP contribution in [0.25, 0.3) is 0 Å². The molecule has 118 valence electrons. The number of likely N-dealkylation sites (tertiary alicyclic amines) is 1. The molecule has 4 rings (SSSR count). The van der Waals surface area contributed by atoms with Gasteiger partial charge in [0.25, 0.3) is 0 Å². The SMILES string of the molecule is Cc1nc(N)n(C2CCN(Cc3cnc(C4CC4)s3)CC2)n1. The number of nitrogens with zero attached hydrogens (tertiary/aromatic N) is 5. The molecule has 0 atom stereocenters. The third-order valence-corrected chi connectivity index (χ3v) is 5.69. The van der Waals surface area contributed by atoms with Crippen molar-refractivity contribution in [3.05, 3.63) is 21.9 Å². The van der Waals surface area contributed by atoms with E-state index in [4.69, 9.17) is 5.73 Å². The number of hydrogen-bond acceptors (Lipinski definition) is 6. The van der Waals surface area contributed by atoms with Crippen LogP contribution in [0, 0.1) is 6.92 Å². The molecule has 2 N–H and O–H groups in total. The van der Waals surface area contributed by atoms with Crippen molar-refractivity contribution in [3.8, 4) is 0 Å². The average molecular weight is 318 g/mol. The number of piperidine rings is 1. The van der Waals surface area contributed by atoms with E-state index in [1.165, 1.54) is 22.7 Å². The Kier molecular flexibility index (Phi) is 3.62. The second-order valence-corrected chi connectivity index (χ2v) is 7.55. The fourth-order valence-corrected chi connectivity index (χ4v) is 4.30. The molecule has 2 fully saturated rings. The summed E-state index contributed by atoms with van der Waals surface area (Å²) in [7, 11) is 0. The van der Waals surface area contributed by atoms with E-state index in [2.05, 4.69) is 26.2 Å². The minimum Gasteiger partial charge on any atom is -0.368 e. The lowest BCUT2D eigenvalue weighted by atomic mass is 10.1. The van der Waals surface area contributed by atoms with Crippen LogP contribution in [0.4, 0.5) is 5.95 Å². The zero-order valence-electron chi connectivity index (χ0n) is 12.9. The highest BCUT2D eigenvalue weighted by Crippen LogP contribution is 2.42. The number of nitrogen functional groups attached to an aromatic ring is 1. The van der Waals surface area contributed by atoms with E-state index < -0.39 is 0 Å². The Balaban J connectivity index is 1.34. The van der Waals surface area contributed by atoms with Crippen molar-refractivity contribution in [2.75, 3.05) is 18.8 Å². The summed E-state index contributed by atoms with van der Waals surface area (Å²) in [5.41, 5.74) is 5.94. The molecule has 0 spiro atoms. The fraction of sp³-hybridized carbons (Fsp3) is 0.667. The van der Waals surface area contributed by atoms with E-state index in [9.17, 15) is 0 Å². The Morgan fingerprint density at radius 2 is 2.05 bits per heavy atom. The maximum Gasteiger partial charge on any atom is 0.218 e. The lowest BCUT2D eigenvalue weighted by molar-refractivity contribution is 0.175. The van der Waals surface area contributed by atoms with E-state index in [-0.39, 0.29) is 0 Å². The summed E-state index contributed by atoms with van der Waals surface area (Å²) in [6.07, 6.45) is 6.90. The van der Waals surface area contributed by atoms with Crippen molar-refractivity contribution >= 4 is 17.3 Å². The lowest BCUT2D eigenvalue weighted by Gasteiger charge is -2.31. The van der Waals surface area contributed by atoms with Crippen molar-refractivity contribution in [2.45, 2.75) is 51.1 Å². The molecule has 0 radical (unpaired) electrons. The van der Waals surface area contributed by atoms with E-state index >= 15 is 0 Å². The van der Waals surface area contributed by atoms with Gasteiger partial charge in [-0.05, 0) is 32.6 Å². The van der Waals surface area contributed by atoms with Crippen LogP contribution in [-0.4, -0.2) is 37.7 Å². The molecule has 2 aromatic heterocycles. The van der Waals surface area contributed by atoms with Crippen molar-refractivity contribution in [2.24, 2.45) is 0 Å². The van der Waals surface area contributed by atoms with Crippen molar-refractivity contribution in [3.63, 3.8) is 0 Å². The number of rotatable bonds is 4. The molecular formula is C15H22N6S. The van der Waals surface area contributed by atoms with Crippen LogP contribution in [0.1, 0.15) is 53.4 Å². The summed E-state index contributed by atoms with van der Waals surface area (Å²) in [5.74, 6) is 2.08. The van der Waals surface area contributed by atoms with Crippen LogP contribution in [-0.2, 0) is 6.54 Å². The minimum atomic E-state index is 0.390. The van der Waals surface area contributed by atoms with Crippen LogP contribution in [0.3, 0.4) is 0 Å². The van der Waals surface area contributed by atoms with Gasteiger partial charge in [0.05, 0.1) is 11.0 Å². The molecule has 0 bridgehead atoms. The standard InChI is InChI=1S/C15H22N6S/c1-10-18-15(16)21(19-10)12-4-6-20(7-5-12)9-13-8-17-14(22-13)11-2-3-11/h8,11-12H,2-7,9H2,1H3,(H2,16,18,19). The molecule has 0 unspecified atom stereocenters. The van der Waals surface area contributed by atoms with Gasteiger partial charge >= 0.3 is 0 Å². The molecule has 1 aliphatic heterocycles. The Bertz CT molecular complexity index is 651. The second-order valence-electron chi connectivity index (χ2n) is 6.41. The maximum atomic E-state index is 5.94. The van der Waals surface area contributed by atoms with Gasteiger partial charge in [-0.25, -0.2) is 9.67 Å². The summed E-state index contributed by atoms with van der Waals surface area (Å²) < 4.78 is 1.91. The van der Waals surface area contributed by atoms with Crippen molar-refractivity contribution in [1.82, 2.24) is 24.6 Å². The molecule has 1 aliphatic carbocycles. The average Bonchev–Trinajstić information content (AvgIpc) is 3.16.